The van der Waals surface area contributed by atoms with Crippen LogP contribution in [0.1, 0.15) is 30.1 Å². The highest BCUT2D eigenvalue weighted by Crippen LogP contribution is 2.40. The number of aliphatic hydroxyl groups is 1. The average Bonchev–Trinajstić information content (AvgIpc) is 2.27. The molecule has 0 aromatic heterocycles. The minimum Gasteiger partial charge on any atom is -0.393 e. The van der Waals surface area contributed by atoms with Crippen molar-refractivity contribution in [1.29, 1.82) is 0 Å². The van der Waals surface area contributed by atoms with Gasteiger partial charge in [-0.3, -0.25) is 0 Å². The van der Waals surface area contributed by atoms with E-state index in [-0.39, 0.29) is 17.0 Å². The molecule has 0 radical (unpaired) electrons. The first-order valence-electron chi connectivity index (χ1n) is 5.55. The molecule has 6 heteroatoms. The van der Waals surface area contributed by atoms with Crippen LogP contribution in [0.3, 0.4) is 0 Å². The van der Waals surface area contributed by atoms with Gasteiger partial charge in [0.2, 0.25) is 0 Å². The molecule has 100 valence electrons. The molecule has 1 aliphatic rings. The quantitative estimate of drug-likeness (QED) is 0.852. The average molecular weight is 281 g/mol. The summed E-state index contributed by atoms with van der Waals surface area (Å²) in [6, 6.07) is 3.74. The van der Waals surface area contributed by atoms with Crippen molar-refractivity contribution >= 4 is 11.6 Å². The van der Waals surface area contributed by atoms with Crippen LogP contribution in [0.25, 0.3) is 0 Å². The van der Waals surface area contributed by atoms with Gasteiger partial charge in [0, 0.05) is 18.6 Å². The molecule has 1 heterocycles. The monoisotopic (exact) mass is 280 g/mol. The summed E-state index contributed by atoms with van der Waals surface area (Å²) in [7, 11) is 0. The number of benzene rings is 1. The maximum atomic E-state index is 12.7. The maximum Gasteiger partial charge on any atom is 0.417 e. The molecule has 1 aliphatic heterocycles. The third-order valence-corrected chi connectivity index (χ3v) is 3.36. The lowest BCUT2D eigenvalue weighted by atomic mass is 9.97. The Morgan fingerprint density at radius 1 is 1.33 bits per heavy atom. The highest BCUT2D eigenvalue weighted by Gasteiger charge is 2.35. The molecule has 1 N–H and O–H groups in total. The van der Waals surface area contributed by atoms with Gasteiger partial charge in [-0.2, -0.15) is 13.2 Å². The molecule has 1 aromatic carbocycles. The minimum absolute atomic E-state index is 0.265. The lowest BCUT2D eigenvalue weighted by Gasteiger charge is -2.28. The summed E-state index contributed by atoms with van der Waals surface area (Å²) in [4.78, 5) is 0. The molecule has 2 unspecified atom stereocenters. The summed E-state index contributed by atoms with van der Waals surface area (Å²) in [5.74, 6) is 0. The van der Waals surface area contributed by atoms with Gasteiger partial charge in [0.05, 0.1) is 22.8 Å². The molecule has 18 heavy (non-hydrogen) atoms. The molecule has 1 aromatic rings. The second kappa shape index (κ2) is 5.07. The van der Waals surface area contributed by atoms with Crippen LogP contribution in [0.5, 0.6) is 0 Å². The van der Waals surface area contributed by atoms with E-state index in [0.29, 0.717) is 13.0 Å². The van der Waals surface area contributed by atoms with Gasteiger partial charge in [-0.15, -0.1) is 0 Å². The molecule has 1 fully saturated rings. The Hall–Kier alpha value is -0.780. The van der Waals surface area contributed by atoms with E-state index in [0.717, 1.165) is 6.07 Å². The SMILES string of the molecule is OC1CCOC(c2cccc(C(F)(F)F)c2Cl)C1. The topological polar surface area (TPSA) is 29.5 Å². The Morgan fingerprint density at radius 2 is 2.06 bits per heavy atom. The van der Waals surface area contributed by atoms with E-state index in [4.69, 9.17) is 16.3 Å². The fourth-order valence-corrected chi connectivity index (χ4v) is 2.37. The second-order valence-electron chi connectivity index (χ2n) is 4.24. The van der Waals surface area contributed by atoms with Crippen LogP contribution in [0.2, 0.25) is 5.02 Å². The molecule has 2 atom stereocenters. The van der Waals surface area contributed by atoms with Crippen LogP contribution in [-0.4, -0.2) is 17.8 Å². The predicted octanol–water partition coefficient (Wildman–Crippen LogP) is 3.57. The third-order valence-electron chi connectivity index (χ3n) is 2.94. The van der Waals surface area contributed by atoms with Gasteiger partial charge in [-0.25, -0.2) is 0 Å². The first-order valence-corrected chi connectivity index (χ1v) is 5.92. The van der Waals surface area contributed by atoms with Crippen molar-refractivity contribution in [2.45, 2.75) is 31.2 Å². The van der Waals surface area contributed by atoms with Crippen molar-refractivity contribution in [2.75, 3.05) is 6.61 Å². The molecule has 2 rings (SSSR count). The van der Waals surface area contributed by atoms with Crippen LogP contribution in [-0.2, 0) is 10.9 Å². The van der Waals surface area contributed by atoms with Gasteiger partial charge in [0.1, 0.15) is 0 Å². The third kappa shape index (κ3) is 2.79. The molecule has 0 aliphatic carbocycles. The van der Waals surface area contributed by atoms with Gasteiger partial charge >= 0.3 is 6.18 Å². The lowest BCUT2D eigenvalue weighted by molar-refractivity contribution is -0.137. The Kier molecular flexibility index (Phi) is 3.84. The van der Waals surface area contributed by atoms with Crippen molar-refractivity contribution in [3.05, 3.63) is 34.3 Å². The number of rotatable bonds is 1. The van der Waals surface area contributed by atoms with Gasteiger partial charge in [0.25, 0.3) is 0 Å². The van der Waals surface area contributed by atoms with E-state index in [2.05, 4.69) is 0 Å². The molecule has 2 nitrogen and oxygen atoms in total. The molecule has 1 saturated heterocycles. The van der Waals surface area contributed by atoms with Gasteiger partial charge in [-0.05, 0) is 12.5 Å². The Bertz CT molecular complexity index is 434. The van der Waals surface area contributed by atoms with E-state index in [9.17, 15) is 18.3 Å². The zero-order valence-corrected chi connectivity index (χ0v) is 10.1. The zero-order chi connectivity index (χ0) is 13.3. The van der Waals surface area contributed by atoms with Gasteiger partial charge in [0.15, 0.2) is 0 Å². The predicted molar refractivity (Wildman–Crippen MR) is 60.4 cm³/mol. The highest BCUT2D eigenvalue weighted by atomic mass is 35.5. The van der Waals surface area contributed by atoms with Gasteiger partial charge < -0.3 is 9.84 Å². The van der Waals surface area contributed by atoms with E-state index < -0.39 is 23.9 Å². The fraction of sp³-hybridized carbons (Fsp3) is 0.500. The first-order chi connectivity index (χ1) is 8.39. The number of hydrogen-bond acceptors (Lipinski definition) is 2. The molecule has 0 bridgehead atoms. The van der Waals surface area contributed by atoms with E-state index in [1.165, 1.54) is 12.1 Å². The van der Waals surface area contributed by atoms with Crippen molar-refractivity contribution < 1.29 is 23.0 Å². The number of hydrogen-bond donors (Lipinski definition) is 1. The molecular formula is C12H12ClF3O2. The summed E-state index contributed by atoms with van der Waals surface area (Å²) in [6.45, 7) is 0.318. The number of alkyl halides is 3. The van der Waals surface area contributed by atoms with Crippen LogP contribution in [0.4, 0.5) is 13.2 Å². The van der Waals surface area contributed by atoms with Crippen molar-refractivity contribution in [3.63, 3.8) is 0 Å². The summed E-state index contributed by atoms with van der Waals surface area (Å²) < 4.78 is 43.5. The van der Waals surface area contributed by atoms with Crippen molar-refractivity contribution in [1.82, 2.24) is 0 Å². The highest BCUT2D eigenvalue weighted by molar-refractivity contribution is 6.32. The normalized spacial score (nSPS) is 25.2. The van der Waals surface area contributed by atoms with E-state index in [1.54, 1.807) is 0 Å². The van der Waals surface area contributed by atoms with Crippen LogP contribution in [0, 0.1) is 0 Å². The Labute approximate surface area is 107 Å². The summed E-state index contributed by atoms with van der Waals surface area (Å²) in [6.07, 6.45) is -4.87. The molecule has 0 amide bonds. The smallest absolute Gasteiger partial charge is 0.393 e. The second-order valence-corrected chi connectivity index (χ2v) is 4.62. The van der Waals surface area contributed by atoms with Crippen molar-refractivity contribution in [3.8, 4) is 0 Å². The number of halogens is 4. The van der Waals surface area contributed by atoms with Crippen molar-refractivity contribution in [2.24, 2.45) is 0 Å². The zero-order valence-electron chi connectivity index (χ0n) is 9.38. The minimum atomic E-state index is -4.49. The first kappa shape index (κ1) is 13.6. The van der Waals surface area contributed by atoms with Crippen LogP contribution >= 0.6 is 11.6 Å². The number of aliphatic hydroxyl groups excluding tert-OH is 1. The summed E-state index contributed by atoms with van der Waals surface area (Å²) >= 11 is 5.79. The van der Waals surface area contributed by atoms with Crippen LogP contribution < -0.4 is 0 Å². The lowest BCUT2D eigenvalue weighted by Crippen LogP contribution is -2.24. The molecule has 0 spiro atoms. The van der Waals surface area contributed by atoms with E-state index >= 15 is 0 Å². The number of ether oxygens (including phenoxy) is 1. The van der Waals surface area contributed by atoms with Crippen LogP contribution in [0.15, 0.2) is 18.2 Å². The fourth-order valence-electron chi connectivity index (χ4n) is 2.01. The van der Waals surface area contributed by atoms with E-state index in [1.807, 2.05) is 0 Å². The summed E-state index contributed by atoms with van der Waals surface area (Å²) in [5, 5.41) is 9.17. The Morgan fingerprint density at radius 3 is 2.67 bits per heavy atom. The Balaban J connectivity index is 2.34. The molecular weight excluding hydrogens is 269 g/mol. The summed E-state index contributed by atoms with van der Waals surface area (Å²) in [5.41, 5.74) is -0.587. The molecule has 0 saturated carbocycles. The van der Waals surface area contributed by atoms with Gasteiger partial charge in [-0.1, -0.05) is 23.7 Å². The maximum absolute atomic E-state index is 12.7. The standard InChI is InChI=1S/C12H12ClF3O2/c13-11-8(10-6-7(17)4-5-18-10)2-1-3-9(11)12(14,15)16/h1-3,7,10,17H,4-6H2. The largest absolute Gasteiger partial charge is 0.417 e.